The smallest absolute Gasteiger partial charge is 0.283 e. The minimum absolute atomic E-state index is 0.115. The predicted octanol–water partition coefficient (Wildman–Crippen LogP) is 0.786. The third-order valence-corrected chi connectivity index (χ3v) is 3.23. The van der Waals surface area contributed by atoms with Gasteiger partial charge in [-0.1, -0.05) is 5.21 Å². The highest BCUT2D eigenvalue weighted by Crippen LogP contribution is 2.08. The van der Waals surface area contributed by atoms with Crippen LogP contribution >= 0.6 is 0 Å². The van der Waals surface area contributed by atoms with E-state index in [9.17, 15) is 14.0 Å². The molecule has 0 spiro atoms. The first-order chi connectivity index (χ1) is 11.1. The van der Waals surface area contributed by atoms with Crippen LogP contribution in [0.2, 0.25) is 0 Å². The van der Waals surface area contributed by atoms with E-state index in [1.165, 1.54) is 35.3 Å². The van der Waals surface area contributed by atoms with Crippen molar-refractivity contribution >= 4 is 22.8 Å². The number of aryl methyl sites for hydroxylation is 1. The molecular formula is C14H13FN6O2. The first kappa shape index (κ1) is 14.8. The van der Waals surface area contributed by atoms with Gasteiger partial charge in [0.15, 0.2) is 11.2 Å². The molecule has 0 atom stereocenters. The number of carbonyl (C=O) groups is 1. The molecule has 1 amide bonds. The Balaban J connectivity index is 1.81. The normalized spacial score (nSPS) is 10.9. The number of aromatic nitrogens is 5. The summed E-state index contributed by atoms with van der Waals surface area (Å²) in [7, 11) is 0. The van der Waals surface area contributed by atoms with Crippen LogP contribution < -0.4 is 10.9 Å². The number of nitrogens with one attached hydrogen (secondary N) is 1. The lowest BCUT2D eigenvalue weighted by molar-refractivity contribution is -0.116. The van der Waals surface area contributed by atoms with Gasteiger partial charge in [-0.25, -0.2) is 14.1 Å². The molecule has 0 fully saturated rings. The summed E-state index contributed by atoms with van der Waals surface area (Å²) in [5, 5.41) is 10.2. The van der Waals surface area contributed by atoms with Crippen molar-refractivity contribution in [2.75, 3.05) is 5.32 Å². The molecule has 0 radical (unpaired) electrons. The van der Waals surface area contributed by atoms with Crippen molar-refractivity contribution < 1.29 is 9.18 Å². The van der Waals surface area contributed by atoms with Gasteiger partial charge in [0.2, 0.25) is 5.91 Å². The zero-order valence-corrected chi connectivity index (χ0v) is 12.2. The van der Waals surface area contributed by atoms with Crippen molar-refractivity contribution in [3.05, 3.63) is 46.8 Å². The minimum Gasteiger partial charge on any atom is -0.325 e. The van der Waals surface area contributed by atoms with Gasteiger partial charge in [-0.05, 0) is 31.2 Å². The highest BCUT2D eigenvalue weighted by atomic mass is 19.1. The number of halogens is 1. The van der Waals surface area contributed by atoms with Gasteiger partial charge in [0.1, 0.15) is 18.7 Å². The quantitative estimate of drug-likeness (QED) is 0.768. The fourth-order valence-corrected chi connectivity index (χ4v) is 2.10. The number of amides is 1. The van der Waals surface area contributed by atoms with Crippen molar-refractivity contribution in [1.82, 2.24) is 24.5 Å². The molecule has 0 aliphatic carbocycles. The molecule has 3 rings (SSSR count). The van der Waals surface area contributed by atoms with Crippen molar-refractivity contribution in [1.29, 1.82) is 0 Å². The molecule has 8 nitrogen and oxygen atoms in total. The highest BCUT2D eigenvalue weighted by Gasteiger charge is 2.13. The molecule has 1 N–H and O–H groups in total. The molecule has 0 saturated heterocycles. The van der Waals surface area contributed by atoms with E-state index in [-0.39, 0.29) is 12.1 Å². The summed E-state index contributed by atoms with van der Waals surface area (Å²) < 4.78 is 15.5. The summed E-state index contributed by atoms with van der Waals surface area (Å²) in [6.07, 6.45) is 1.28. The number of carbonyl (C=O) groups excluding carboxylic acids is 1. The van der Waals surface area contributed by atoms with Gasteiger partial charge in [0, 0.05) is 12.2 Å². The van der Waals surface area contributed by atoms with E-state index in [1.54, 1.807) is 0 Å². The van der Waals surface area contributed by atoms with Crippen molar-refractivity contribution in [3.8, 4) is 0 Å². The first-order valence-corrected chi connectivity index (χ1v) is 6.92. The summed E-state index contributed by atoms with van der Waals surface area (Å²) >= 11 is 0. The third kappa shape index (κ3) is 2.93. The molecule has 2 aromatic heterocycles. The molecule has 118 valence electrons. The summed E-state index contributed by atoms with van der Waals surface area (Å²) in [5.74, 6) is -0.823. The summed E-state index contributed by atoms with van der Waals surface area (Å²) in [6.45, 7) is 2.17. The standard InChI is InChI=1S/C14H13FN6O2/c1-2-21-13-12(18-19-21)14(23)20(8-16-13)7-11(22)17-10-5-3-9(15)4-6-10/h3-6,8H,2,7H2,1H3,(H,17,22). The van der Waals surface area contributed by atoms with E-state index >= 15 is 0 Å². The zero-order valence-electron chi connectivity index (χ0n) is 12.2. The number of rotatable bonds is 4. The fraction of sp³-hybridized carbons (Fsp3) is 0.214. The Morgan fingerprint density at radius 2 is 2.04 bits per heavy atom. The van der Waals surface area contributed by atoms with Gasteiger partial charge < -0.3 is 5.32 Å². The maximum Gasteiger partial charge on any atom is 0.283 e. The SMILES string of the molecule is CCn1nnc2c(=O)n(CC(=O)Nc3ccc(F)cc3)cnc21. The largest absolute Gasteiger partial charge is 0.325 e. The van der Waals surface area contributed by atoms with Gasteiger partial charge in [-0.2, -0.15) is 0 Å². The van der Waals surface area contributed by atoms with E-state index in [0.29, 0.717) is 17.9 Å². The van der Waals surface area contributed by atoms with E-state index in [2.05, 4.69) is 20.6 Å². The van der Waals surface area contributed by atoms with Crippen LogP contribution in [-0.2, 0) is 17.9 Å². The molecule has 0 bridgehead atoms. The summed E-state index contributed by atoms with van der Waals surface area (Å²) in [4.78, 5) is 28.4. The molecule has 0 unspecified atom stereocenters. The molecule has 0 aliphatic heterocycles. The molecule has 23 heavy (non-hydrogen) atoms. The van der Waals surface area contributed by atoms with Crippen LogP contribution in [0.4, 0.5) is 10.1 Å². The van der Waals surface area contributed by atoms with Gasteiger partial charge in [0.25, 0.3) is 5.56 Å². The van der Waals surface area contributed by atoms with Crippen LogP contribution in [0.3, 0.4) is 0 Å². The molecule has 3 aromatic rings. The Bertz CT molecular complexity index is 915. The maximum atomic E-state index is 12.8. The highest BCUT2D eigenvalue weighted by molar-refractivity contribution is 5.90. The van der Waals surface area contributed by atoms with Gasteiger partial charge in [-0.3, -0.25) is 14.2 Å². The minimum atomic E-state index is -0.441. The molecular weight excluding hydrogens is 303 g/mol. The molecule has 9 heteroatoms. The van der Waals surface area contributed by atoms with Crippen LogP contribution in [0.25, 0.3) is 11.2 Å². The summed E-state index contributed by atoms with van der Waals surface area (Å²) in [6, 6.07) is 5.34. The van der Waals surface area contributed by atoms with E-state index in [1.807, 2.05) is 6.92 Å². The molecule has 2 heterocycles. The average Bonchev–Trinajstić information content (AvgIpc) is 2.96. The van der Waals surface area contributed by atoms with Crippen molar-refractivity contribution in [2.45, 2.75) is 20.0 Å². The number of benzene rings is 1. The Hall–Kier alpha value is -3.10. The van der Waals surface area contributed by atoms with Gasteiger partial charge in [-0.15, -0.1) is 5.10 Å². The number of anilines is 1. The van der Waals surface area contributed by atoms with Crippen LogP contribution in [0.1, 0.15) is 6.92 Å². The van der Waals surface area contributed by atoms with Crippen molar-refractivity contribution in [2.24, 2.45) is 0 Å². The Kier molecular flexibility index (Phi) is 3.83. The monoisotopic (exact) mass is 316 g/mol. The number of hydrogen-bond donors (Lipinski definition) is 1. The topological polar surface area (TPSA) is 94.7 Å². The maximum absolute atomic E-state index is 12.8. The van der Waals surface area contributed by atoms with Crippen LogP contribution in [0.15, 0.2) is 35.4 Å². The lowest BCUT2D eigenvalue weighted by atomic mass is 10.3. The van der Waals surface area contributed by atoms with Crippen molar-refractivity contribution in [3.63, 3.8) is 0 Å². The average molecular weight is 316 g/mol. The third-order valence-electron chi connectivity index (χ3n) is 3.23. The number of fused-ring (bicyclic) bond motifs is 1. The van der Waals surface area contributed by atoms with Gasteiger partial charge in [0.05, 0.1) is 0 Å². The van der Waals surface area contributed by atoms with Crippen LogP contribution in [0.5, 0.6) is 0 Å². The Morgan fingerprint density at radius 1 is 1.30 bits per heavy atom. The van der Waals surface area contributed by atoms with E-state index in [0.717, 1.165) is 4.57 Å². The van der Waals surface area contributed by atoms with Gasteiger partial charge >= 0.3 is 0 Å². The number of hydrogen-bond acceptors (Lipinski definition) is 5. The first-order valence-electron chi connectivity index (χ1n) is 6.92. The Labute approximate surface area is 129 Å². The van der Waals surface area contributed by atoms with Crippen LogP contribution in [-0.4, -0.2) is 30.5 Å². The second-order valence-corrected chi connectivity index (χ2v) is 4.81. The van der Waals surface area contributed by atoms with E-state index in [4.69, 9.17) is 0 Å². The molecule has 0 aliphatic rings. The van der Waals surface area contributed by atoms with E-state index < -0.39 is 17.3 Å². The molecule has 1 aromatic carbocycles. The zero-order chi connectivity index (χ0) is 16.4. The lowest BCUT2D eigenvalue weighted by Crippen LogP contribution is -2.28. The lowest BCUT2D eigenvalue weighted by Gasteiger charge is -2.07. The second kappa shape index (κ2) is 5.95. The Morgan fingerprint density at radius 3 is 2.74 bits per heavy atom. The fourth-order valence-electron chi connectivity index (χ4n) is 2.10. The summed E-state index contributed by atoms with van der Waals surface area (Å²) in [5.41, 5.74) is 0.496. The molecule has 0 saturated carbocycles. The number of nitrogens with zero attached hydrogens (tertiary/aromatic N) is 5. The van der Waals surface area contributed by atoms with Crippen LogP contribution in [0, 0.1) is 5.82 Å². The predicted molar refractivity (Wildman–Crippen MR) is 80.3 cm³/mol. The second-order valence-electron chi connectivity index (χ2n) is 4.81.